The molecule has 2 amide bonds. The largest absolute Gasteiger partial charge is 0.507 e. The summed E-state index contributed by atoms with van der Waals surface area (Å²) in [5.74, 6) is 0.358. The second-order valence-electron chi connectivity index (χ2n) is 10.7. The summed E-state index contributed by atoms with van der Waals surface area (Å²) in [6.07, 6.45) is 1.60. The monoisotopic (exact) mass is 510 g/mol. The summed E-state index contributed by atoms with van der Waals surface area (Å²) < 4.78 is 5.16. The second kappa shape index (κ2) is 10.7. The van der Waals surface area contributed by atoms with E-state index in [0.29, 0.717) is 22.4 Å². The number of amides is 2. The van der Waals surface area contributed by atoms with Crippen LogP contribution in [0.2, 0.25) is 0 Å². The third-order valence-corrected chi connectivity index (χ3v) is 6.68. The van der Waals surface area contributed by atoms with E-state index in [1.165, 1.54) is 11.8 Å². The SMILES string of the molecule is COc1cccc(NC(=O)C[C@H]2S/C(=N\N=C/c3cc(C(C)(C)C)c(O)c(C(C)(C)C)c3)NC2=O)c1. The van der Waals surface area contributed by atoms with Gasteiger partial charge in [-0.15, -0.1) is 5.10 Å². The van der Waals surface area contributed by atoms with E-state index in [1.807, 2.05) is 53.7 Å². The lowest BCUT2D eigenvalue weighted by molar-refractivity contribution is -0.122. The van der Waals surface area contributed by atoms with Gasteiger partial charge in [-0.25, -0.2) is 0 Å². The number of anilines is 1. The van der Waals surface area contributed by atoms with Crippen molar-refractivity contribution < 1.29 is 19.4 Å². The average Bonchev–Trinajstić information content (AvgIpc) is 3.11. The van der Waals surface area contributed by atoms with Crippen molar-refractivity contribution in [1.82, 2.24) is 5.32 Å². The van der Waals surface area contributed by atoms with Gasteiger partial charge < -0.3 is 20.5 Å². The van der Waals surface area contributed by atoms with E-state index in [-0.39, 0.29) is 29.1 Å². The van der Waals surface area contributed by atoms with Gasteiger partial charge in [0.2, 0.25) is 11.8 Å². The lowest BCUT2D eigenvalue weighted by Crippen LogP contribution is -2.28. The number of benzene rings is 2. The highest BCUT2D eigenvalue weighted by molar-refractivity contribution is 8.15. The number of amidine groups is 1. The first-order chi connectivity index (χ1) is 16.8. The maximum absolute atomic E-state index is 12.4. The van der Waals surface area contributed by atoms with E-state index >= 15 is 0 Å². The van der Waals surface area contributed by atoms with Crippen LogP contribution in [-0.4, -0.2) is 40.7 Å². The molecule has 2 aromatic carbocycles. The van der Waals surface area contributed by atoms with Crippen LogP contribution < -0.4 is 15.4 Å². The predicted octanol–water partition coefficient (Wildman–Crippen LogP) is 4.95. The molecule has 0 radical (unpaired) electrons. The summed E-state index contributed by atoms with van der Waals surface area (Å²) in [6, 6.07) is 10.8. The van der Waals surface area contributed by atoms with Gasteiger partial charge >= 0.3 is 0 Å². The summed E-state index contributed by atoms with van der Waals surface area (Å²) in [5, 5.41) is 24.4. The van der Waals surface area contributed by atoms with E-state index in [9.17, 15) is 14.7 Å². The van der Waals surface area contributed by atoms with Crippen LogP contribution >= 0.6 is 11.8 Å². The van der Waals surface area contributed by atoms with Gasteiger partial charge in [-0.05, 0) is 40.7 Å². The standard InChI is InChI=1S/C27H34N4O4S/c1-26(2,3)19-11-16(12-20(23(19)33)27(4,5)6)15-28-31-25-30-24(34)21(36-25)14-22(32)29-17-9-8-10-18(13-17)35-7/h8-13,15,21,33H,14H2,1-7H3,(H,29,32)(H,30,31,34)/b28-15-/t21-/m1/s1. The van der Waals surface area contributed by atoms with Crippen molar-refractivity contribution in [2.75, 3.05) is 12.4 Å². The average molecular weight is 511 g/mol. The van der Waals surface area contributed by atoms with Crippen LogP contribution in [0.1, 0.15) is 64.7 Å². The fourth-order valence-corrected chi connectivity index (χ4v) is 4.61. The van der Waals surface area contributed by atoms with Gasteiger partial charge in [0, 0.05) is 29.3 Å². The number of ether oxygens (including phenoxy) is 1. The number of nitrogens with zero attached hydrogens (tertiary/aromatic N) is 2. The molecule has 8 nitrogen and oxygen atoms in total. The van der Waals surface area contributed by atoms with Crippen molar-refractivity contribution in [3.05, 3.63) is 53.1 Å². The molecule has 1 saturated heterocycles. The first kappa shape index (κ1) is 27.3. The fourth-order valence-electron chi connectivity index (χ4n) is 3.69. The second-order valence-corrected chi connectivity index (χ2v) is 11.9. The molecule has 1 aliphatic heterocycles. The van der Waals surface area contributed by atoms with Crippen molar-refractivity contribution in [1.29, 1.82) is 0 Å². The van der Waals surface area contributed by atoms with Gasteiger partial charge in [0.05, 0.1) is 13.3 Å². The lowest BCUT2D eigenvalue weighted by atomic mass is 9.78. The van der Waals surface area contributed by atoms with Crippen LogP contribution in [0.5, 0.6) is 11.5 Å². The maximum atomic E-state index is 12.4. The summed E-state index contributed by atoms with van der Waals surface area (Å²) in [6.45, 7) is 12.3. The maximum Gasteiger partial charge on any atom is 0.240 e. The molecule has 36 heavy (non-hydrogen) atoms. The molecule has 3 rings (SSSR count). The van der Waals surface area contributed by atoms with Gasteiger partial charge in [-0.3, -0.25) is 9.59 Å². The van der Waals surface area contributed by atoms with Crippen molar-refractivity contribution in [3.8, 4) is 11.5 Å². The van der Waals surface area contributed by atoms with Gasteiger partial charge in [-0.2, -0.15) is 5.10 Å². The minimum Gasteiger partial charge on any atom is -0.507 e. The molecule has 1 aliphatic rings. The number of aromatic hydroxyl groups is 1. The van der Waals surface area contributed by atoms with Crippen LogP contribution in [0.3, 0.4) is 0 Å². The molecule has 0 saturated carbocycles. The Morgan fingerprint density at radius 3 is 2.36 bits per heavy atom. The van der Waals surface area contributed by atoms with E-state index in [0.717, 1.165) is 16.7 Å². The normalized spacial score (nSPS) is 17.5. The van der Waals surface area contributed by atoms with Crippen LogP contribution in [0, 0.1) is 0 Å². The lowest BCUT2D eigenvalue weighted by Gasteiger charge is -2.27. The van der Waals surface area contributed by atoms with Crippen molar-refractivity contribution >= 4 is 40.6 Å². The zero-order valence-electron chi connectivity index (χ0n) is 21.8. The number of phenols is 1. The number of carbonyl (C=O) groups is 2. The number of rotatable bonds is 6. The molecule has 3 N–H and O–H groups in total. The van der Waals surface area contributed by atoms with Crippen molar-refractivity contribution in [3.63, 3.8) is 0 Å². The highest BCUT2D eigenvalue weighted by atomic mass is 32.2. The third kappa shape index (κ3) is 6.87. The molecule has 9 heteroatoms. The summed E-state index contributed by atoms with van der Waals surface area (Å²) in [7, 11) is 1.55. The Bertz CT molecular complexity index is 1170. The van der Waals surface area contributed by atoms with Gasteiger partial charge in [0.25, 0.3) is 0 Å². The molecule has 0 spiro atoms. The Labute approximate surface area is 216 Å². The smallest absolute Gasteiger partial charge is 0.240 e. The molecule has 0 aromatic heterocycles. The Hall–Kier alpha value is -3.33. The third-order valence-electron chi connectivity index (χ3n) is 5.60. The Kier molecular flexibility index (Phi) is 8.13. The van der Waals surface area contributed by atoms with E-state index in [2.05, 4.69) is 20.8 Å². The minimum absolute atomic E-state index is 0.00169. The summed E-state index contributed by atoms with van der Waals surface area (Å²) >= 11 is 1.17. The van der Waals surface area contributed by atoms with Crippen LogP contribution in [0.15, 0.2) is 46.6 Å². The zero-order chi connectivity index (χ0) is 26.7. The number of hydrogen-bond acceptors (Lipinski definition) is 7. The molecule has 0 aliphatic carbocycles. The molecule has 2 aromatic rings. The molecule has 0 bridgehead atoms. The van der Waals surface area contributed by atoms with E-state index in [4.69, 9.17) is 4.74 Å². The number of methoxy groups -OCH3 is 1. The minimum atomic E-state index is -0.599. The van der Waals surface area contributed by atoms with E-state index in [1.54, 1.807) is 37.6 Å². The summed E-state index contributed by atoms with van der Waals surface area (Å²) in [4.78, 5) is 24.8. The number of carbonyl (C=O) groups excluding carboxylic acids is 2. The molecule has 192 valence electrons. The highest BCUT2D eigenvalue weighted by Crippen LogP contribution is 2.39. The van der Waals surface area contributed by atoms with Crippen molar-refractivity contribution in [2.45, 2.75) is 64.0 Å². The number of phenolic OH excluding ortho intramolecular Hbond substituents is 1. The number of thioether (sulfide) groups is 1. The van der Waals surface area contributed by atoms with Crippen LogP contribution in [-0.2, 0) is 20.4 Å². The topological polar surface area (TPSA) is 112 Å². The van der Waals surface area contributed by atoms with E-state index < -0.39 is 5.25 Å². The molecular formula is C27H34N4O4S. The molecule has 1 atom stereocenters. The number of hydrogen-bond donors (Lipinski definition) is 3. The Morgan fingerprint density at radius 1 is 1.14 bits per heavy atom. The first-order valence-corrected chi connectivity index (χ1v) is 12.6. The summed E-state index contributed by atoms with van der Waals surface area (Å²) in [5.41, 5.74) is 2.54. The van der Waals surface area contributed by atoms with Gasteiger partial charge in [0.1, 0.15) is 16.7 Å². The quantitative estimate of drug-likeness (QED) is 0.376. The van der Waals surface area contributed by atoms with Gasteiger partial charge in [0.15, 0.2) is 5.17 Å². The Balaban J connectivity index is 1.70. The number of nitrogens with one attached hydrogen (secondary N) is 2. The van der Waals surface area contributed by atoms with Crippen molar-refractivity contribution in [2.24, 2.45) is 10.2 Å². The molecule has 0 unspecified atom stereocenters. The van der Waals surface area contributed by atoms with Crippen LogP contribution in [0.25, 0.3) is 0 Å². The zero-order valence-corrected chi connectivity index (χ0v) is 22.6. The molecule has 1 fully saturated rings. The van der Waals surface area contributed by atoms with Gasteiger partial charge in [-0.1, -0.05) is 59.4 Å². The molecular weight excluding hydrogens is 476 g/mol. The highest BCUT2D eigenvalue weighted by Gasteiger charge is 2.32. The van der Waals surface area contributed by atoms with Crippen LogP contribution in [0.4, 0.5) is 5.69 Å². The predicted molar refractivity (Wildman–Crippen MR) is 146 cm³/mol. The molecule has 1 heterocycles. The fraction of sp³-hybridized carbons (Fsp3) is 0.407. The first-order valence-electron chi connectivity index (χ1n) is 11.7. The Morgan fingerprint density at radius 2 is 1.78 bits per heavy atom.